The second-order valence-electron chi connectivity index (χ2n) is 9.09. The van der Waals surface area contributed by atoms with Crippen molar-refractivity contribution in [1.82, 2.24) is 34.2 Å². The molecule has 0 saturated carbocycles. The highest BCUT2D eigenvalue weighted by Crippen LogP contribution is 2.29. The lowest BCUT2D eigenvalue weighted by Gasteiger charge is -2.24. The molecule has 1 amide bonds. The van der Waals surface area contributed by atoms with Gasteiger partial charge < -0.3 is 19.5 Å². The van der Waals surface area contributed by atoms with Crippen molar-refractivity contribution in [2.45, 2.75) is 72.7 Å². The molecule has 3 aromatic heterocycles. The lowest BCUT2D eigenvalue weighted by atomic mass is 10.2. The number of anilines is 1. The summed E-state index contributed by atoms with van der Waals surface area (Å²) in [4.78, 5) is 28.0. The number of nitrogens with one attached hydrogen (secondary N) is 1. The first kappa shape index (κ1) is 22.0. The third kappa shape index (κ3) is 4.13. The van der Waals surface area contributed by atoms with E-state index in [1.165, 1.54) is 0 Å². The van der Waals surface area contributed by atoms with Gasteiger partial charge in [-0.3, -0.25) is 4.68 Å². The zero-order valence-electron chi connectivity index (χ0n) is 19.7. The molecule has 1 aliphatic rings. The van der Waals surface area contributed by atoms with Gasteiger partial charge >= 0.3 is 6.09 Å². The van der Waals surface area contributed by atoms with Crippen LogP contribution in [-0.4, -0.2) is 65.0 Å². The van der Waals surface area contributed by atoms with E-state index in [4.69, 9.17) is 9.72 Å². The van der Waals surface area contributed by atoms with E-state index in [0.29, 0.717) is 18.9 Å². The second-order valence-corrected chi connectivity index (χ2v) is 9.09. The van der Waals surface area contributed by atoms with Gasteiger partial charge in [0.15, 0.2) is 17.0 Å². The second kappa shape index (κ2) is 8.40. The summed E-state index contributed by atoms with van der Waals surface area (Å²) in [6, 6.07) is 0.0698. The van der Waals surface area contributed by atoms with E-state index in [9.17, 15) is 4.79 Å². The van der Waals surface area contributed by atoms with Crippen molar-refractivity contribution in [3.05, 3.63) is 18.2 Å². The fourth-order valence-corrected chi connectivity index (χ4v) is 4.10. The highest BCUT2D eigenvalue weighted by Gasteiger charge is 2.30. The van der Waals surface area contributed by atoms with E-state index in [2.05, 4.69) is 45.7 Å². The Morgan fingerprint density at radius 2 is 2.03 bits per heavy atom. The number of likely N-dealkylation sites (tertiary alicyclic amines) is 1. The molecule has 1 unspecified atom stereocenters. The smallest absolute Gasteiger partial charge is 0.410 e. The predicted octanol–water partition coefficient (Wildman–Crippen LogP) is 3.46. The Balaban J connectivity index is 1.60. The average Bonchev–Trinajstić information content (AvgIpc) is 3.43. The van der Waals surface area contributed by atoms with Gasteiger partial charge in [0.1, 0.15) is 17.8 Å². The number of hydrogen-bond acceptors (Lipinski definition) is 7. The maximum absolute atomic E-state index is 12.4. The van der Waals surface area contributed by atoms with Crippen molar-refractivity contribution in [2.24, 2.45) is 0 Å². The minimum absolute atomic E-state index is 0.0698. The first-order valence-corrected chi connectivity index (χ1v) is 11.2. The van der Waals surface area contributed by atoms with Crippen LogP contribution in [0, 0.1) is 6.92 Å². The monoisotopic (exact) mass is 440 g/mol. The van der Waals surface area contributed by atoms with Crippen LogP contribution < -0.4 is 5.32 Å². The van der Waals surface area contributed by atoms with Crippen LogP contribution in [0.5, 0.6) is 0 Å². The Labute approximate surface area is 188 Å². The lowest BCUT2D eigenvalue weighted by molar-refractivity contribution is 0.0293. The van der Waals surface area contributed by atoms with Crippen molar-refractivity contribution < 1.29 is 9.53 Å². The molecule has 0 aliphatic carbocycles. The van der Waals surface area contributed by atoms with Crippen molar-refractivity contribution >= 4 is 23.1 Å². The fraction of sp³-hybridized carbons (Fsp3) is 0.591. The summed E-state index contributed by atoms with van der Waals surface area (Å²) in [5.41, 5.74) is 3.07. The standard InChI is InChI=1S/C22H32N8O2/c1-7-29-19(16-11-25-30(8-2)14(16)3)27-17-18(23-13-24-20(17)29)26-15-9-10-28(12-15)21(31)32-22(4,5)6/h11,13,15H,7-10,12H2,1-6H3,(H,23,24,26). The Morgan fingerprint density at radius 3 is 2.69 bits per heavy atom. The van der Waals surface area contributed by atoms with Gasteiger partial charge in [0.05, 0.1) is 11.8 Å². The molecule has 0 spiro atoms. The molecular weight excluding hydrogens is 408 g/mol. The van der Waals surface area contributed by atoms with Crippen molar-refractivity contribution in [1.29, 1.82) is 0 Å². The van der Waals surface area contributed by atoms with Crippen LogP contribution in [0.4, 0.5) is 10.6 Å². The quantitative estimate of drug-likeness (QED) is 0.648. The van der Waals surface area contributed by atoms with E-state index in [0.717, 1.165) is 47.8 Å². The van der Waals surface area contributed by atoms with Crippen LogP contribution in [0.25, 0.3) is 22.6 Å². The SMILES string of the molecule is CCn1ncc(-c2nc3c(NC4CCN(C(=O)OC(C)(C)C)C4)ncnc3n2CC)c1C. The molecule has 0 radical (unpaired) electrons. The van der Waals surface area contributed by atoms with E-state index in [-0.39, 0.29) is 12.1 Å². The summed E-state index contributed by atoms with van der Waals surface area (Å²) >= 11 is 0. The molecule has 1 fully saturated rings. The summed E-state index contributed by atoms with van der Waals surface area (Å²) in [5, 5.41) is 7.96. The molecule has 1 aliphatic heterocycles. The Morgan fingerprint density at radius 1 is 1.25 bits per heavy atom. The Bertz CT molecular complexity index is 1130. The zero-order chi connectivity index (χ0) is 23.0. The van der Waals surface area contributed by atoms with Crippen molar-refractivity contribution in [2.75, 3.05) is 18.4 Å². The summed E-state index contributed by atoms with van der Waals surface area (Å²) in [5.74, 6) is 1.52. The number of carbonyl (C=O) groups excluding carboxylic acids is 1. The molecule has 0 bridgehead atoms. The highest BCUT2D eigenvalue weighted by molar-refractivity contribution is 5.86. The van der Waals surface area contributed by atoms with Gasteiger partial charge in [0, 0.05) is 37.9 Å². The molecule has 1 saturated heterocycles. The van der Waals surface area contributed by atoms with Crippen molar-refractivity contribution in [3.8, 4) is 11.4 Å². The normalized spacial score (nSPS) is 16.7. The van der Waals surface area contributed by atoms with Crippen LogP contribution in [-0.2, 0) is 17.8 Å². The molecule has 10 nitrogen and oxygen atoms in total. The van der Waals surface area contributed by atoms with Crippen LogP contribution >= 0.6 is 0 Å². The van der Waals surface area contributed by atoms with E-state index < -0.39 is 5.60 Å². The molecule has 3 aromatic rings. The number of ether oxygens (including phenoxy) is 1. The van der Waals surface area contributed by atoms with Gasteiger partial charge in [-0.1, -0.05) is 0 Å². The average molecular weight is 441 g/mol. The summed E-state index contributed by atoms with van der Waals surface area (Å²) in [6.45, 7) is 14.6. The van der Waals surface area contributed by atoms with Crippen LogP contribution in [0.1, 0.15) is 46.7 Å². The Kier molecular flexibility index (Phi) is 5.79. The number of fused-ring (bicyclic) bond motifs is 1. The summed E-state index contributed by atoms with van der Waals surface area (Å²) < 4.78 is 9.56. The third-order valence-electron chi connectivity index (χ3n) is 5.67. The highest BCUT2D eigenvalue weighted by atomic mass is 16.6. The van der Waals surface area contributed by atoms with Gasteiger partial charge in [-0.15, -0.1) is 0 Å². The number of aromatic nitrogens is 6. The minimum Gasteiger partial charge on any atom is -0.444 e. The maximum atomic E-state index is 12.4. The van der Waals surface area contributed by atoms with Gasteiger partial charge in [0.25, 0.3) is 0 Å². The van der Waals surface area contributed by atoms with Gasteiger partial charge in [-0.2, -0.15) is 5.10 Å². The van der Waals surface area contributed by atoms with Gasteiger partial charge in [0.2, 0.25) is 0 Å². The van der Waals surface area contributed by atoms with Crippen molar-refractivity contribution in [3.63, 3.8) is 0 Å². The number of rotatable bonds is 5. The maximum Gasteiger partial charge on any atom is 0.410 e. The molecule has 4 rings (SSSR count). The number of carbonyl (C=O) groups is 1. The fourth-order valence-electron chi connectivity index (χ4n) is 4.10. The summed E-state index contributed by atoms with van der Waals surface area (Å²) in [7, 11) is 0. The molecule has 4 heterocycles. The van der Waals surface area contributed by atoms with Gasteiger partial charge in [-0.25, -0.2) is 19.7 Å². The van der Waals surface area contributed by atoms with E-state index in [1.807, 2.05) is 31.6 Å². The number of aryl methyl sites for hydroxylation is 2. The predicted molar refractivity (Wildman–Crippen MR) is 122 cm³/mol. The van der Waals surface area contributed by atoms with E-state index >= 15 is 0 Å². The van der Waals surface area contributed by atoms with Crippen LogP contribution in [0.3, 0.4) is 0 Å². The number of hydrogen-bond donors (Lipinski definition) is 1. The van der Waals surface area contributed by atoms with Gasteiger partial charge in [-0.05, 0) is 48.0 Å². The summed E-state index contributed by atoms with van der Waals surface area (Å²) in [6.07, 6.45) is 3.96. The van der Waals surface area contributed by atoms with Crippen LogP contribution in [0.15, 0.2) is 12.5 Å². The lowest BCUT2D eigenvalue weighted by Crippen LogP contribution is -2.36. The first-order chi connectivity index (χ1) is 15.2. The molecular formula is C22H32N8O2. The largest absolute Gasteiger partial charge is 0.444 e. The van der Waals surface area contributed by atoms with E-state index in [1.54, 1.807) is 11.2 Å². The van der Waals surface area contributed by atoms with Crippen LogP contribution in [0.2, 0.25) is 0 Å². The topological polar surface area (TPSA) is 103 Å². The Hall–Kier alpha value is -3.17. The zero-order valence-corrected chi connectivity index (χ0v) is 19.7. The number of nitrogens with zero attached hydrogens (tertiary/aromatic N) is 7. The first-order valence-electron chi connectivity index (χ1n) is 11.2. The molecule has 172 valence electrons. The molecule has 1 atom stereocenters. The number of amides is 1. The minimum atomic E-state index is -0.505. The number of imidazole rings is 1. The molecule has 10 heteroatoms. The third-order valence-corrected chi connectivity index (χ3v) is 5.67. The molecule has 0 aromatic carbocycles. The molecule has 1 N–H and O–H groups in total. The molecule has 32 heavy (non-hydrogen) atoms.